The second-order valence-corrected chi connectivity index (χ2v) is 11.6. The zero-order valence-corrected chi connectivity index (χ0v) is 17.5. The van der Waals surface area contributed by atoms with Crippen LogP contribution in [0.3, 0.4) is 0 Å². The first-order valence-electron chi connectivity index (χ1n) is 10.4. The van der Waals surface area contributed by atoms with Crippen molar-refractivity contribution >= 4 is 7.26 Å². The van der Waals surface area contributed by atoms with Gasteiger partial charge in [-0.05, 0) is 31.1 Å². The predicted molar refractivity (Wildman–Crippen MR) is 118 cm³/mol. The van der Waals surface area contributed by atoms with E-state index in [2.05, 4.69) is 44.9 Å². The molecule has 0 aromatic heterocycles. The molecular formula is C23H44P. The van der Waals surface area contributed by atoms with Gasteiger partial charge in [-0.3, -0.25) is 0 Å². The van der Waals surface area contributed by atoms with E-state index < -0.39 is 7.26 Å². The molecule has 0 bridgehead atoms. The largest absolute Gasteiger partial charge is 0.114 e. The van der Waals surface area contributed by atoms with Crippen LogP contribution in [0.1, 0.15) is 84.0 Å². The minimum absolute atomic E-state index is 0.930. The Bertz CT molecular complexity index is 279. The van der Waals surface area contributed by atoms with Crippen LogP contribution in [-0.2, 0) is 0 Å². The Labute approximate surface area is 154 Å². The van der Waals surface area contributed by atoms with Gasteiger partial charge in [-0.15, -0.1) is 27.0 Å². The lowest BCUT2D eigenvalue weighted by molar-refractivity contribution is 0.548. The molecule has 0 spiro atoms. The van der Waals surface area contributed by atoms with Crippen molar-refractivity contribution in [2.45, 2.75) is 84.0 Å². The molecule has 0 atom stereocenters. The zero-order valence-electron chi connectivity index (χ0n) is 16.6. The molecule has 0 heterocycles. The summed E-state index contributed by atoms with van der Waals surface area (Å²) >= 11 is 0. The third-order valence-electron chi connectivity index (χ3n) is 5.04. The Balaban J connectivity index is 3.66. The van der Waals surface area contributed by atoms with Crippen LogP contribution in [0.5, 0.6) is 0 Å². The van der Waals surface area contributed by atoms with E-state index in [4.69, 9.17) is 0 Å². The smallest absolute Gasteiger partial charge is 0.0175 e. The van der Waals surface area contributed by atoms with Gasteiger partial charge >= 0.3 is 0 Å². The molecule has 0 fully saturated rings. The first-order chi connectivity index (χ1) is 11.7. The maximum absolute atomic E-state index is 3.98. The fourth-order valence-electron chi connectivity index (χ4n) is 3.61. The SMILES string of the molecule is C=CC[P](CC=C)(CC=C)CCCCCCCCCCCCCC. The second-order valence-electron chi connectivity index (χ2n) is 7.37. The number of allylic oxidation sites excluding steroid dienone is 3. The molecule has 0 unspecified atom stereocenters. The summed E-state index contributed by atoms with van der Waals surface area (Å²) in [6.07, 6.45) is 28.5. The van der Waals surface area contributed by atoms with Crippen molar-refractivity contribution in [3.8, 4) is 0 Å². The van der Waals surface area contributed by atoms with Crippen molar-refractivity contribution in [1.82, 2.24) is 0 Å². The Hall–Kier alpha value is -0.350. The van der Waals surface area contributed by atoms with E-state index in [-0.39, 0.29) is 0 Å². The van der Waals surface area contributed by atoms with Crippen molar-refractivity contribution in [3.63, 3.8) is 0 Å². The van der Waals surface area contributed by atoms with E-state index in [0.29, 0.717) is 0 Å². The quantitative estimate of drug-likeness (QED) is 0.125. The summed E-state index contributed by atoms with van der Waals surface area (Å²) < 4.78 is 0. The fourth-order valence-corrected chi connectivity index (χ4v) is 7.14. The van der Waals surface area contributed by atoms with Gasteiger partial charge in [-0.1, -0.05) is 95.8 Å². The molecule has 0 saturated heterocycles. The highest BCUT2D eigenvalue weighted by Crippen LogP contribution is 2.59. The molecular weight excluding hydrogens is 307 g/mol. The van der Waals surface area contributed by atoms with Gasteiger partial charge in [0, 0.05) is 0 Å². The van der Waals surface area contributed by atoms with Crippen LogP contribution in [0.2, 0.25) is 0 Å². The molecule has 1 radical (unpaired) electrons. The second kappa shape index (κ2) is 17.5. The average molecular weight is 352 g/mol. The van der Waals surface area contributed by atoms with Crippen molar-refractivity contribution in [2.75, 3.05) is 24.6 Å². The Morgan fingerprint density at radius 1 is 0.542 bits per heavy atom. The van der Waals surface area contributed by atoms with Crippen LogP contribution in [-0.4, -0.2) is 24.6 Å². The van der Waals surface area contributed by atoms with Gasteiger partial charge in [0.05, 0.1) is 0 Å². The fraction of sp³-hybridized carbons (Fsp3) is 0.739. The monoisotopic (exact) mass is 351 g/mol. The van der Waals surface area contributed by atoms with Crippen LogP contribution in [0.4, 0.5) is 0 Å². The summed E-state index contributed by atoms with van der Waals surface area (Å²) in [5, 5.41) is 0. The molecule has 24 heavy (non-hydrogen) atoms. The first-order valence-corrected chi connectivity index (χ1v) is 13.0. The van der Waals surface area contributed by atoms with Crippen molar-refractivity contribution in [3.05, 3.63) is 38.0 Å². The van der Waals surface area contributed by atoms with Crippen LogP contribution in [0.15, 0.2) is 38.0 Å². The molecule has 0 amide bonds. The minimum atomic E-state index is -0.930. The summed E-state index contributed by atoms with van der Waals surface area (Å²) in [4.78, 5) is 0. The maximum atomic E-state index is 3.98. The van der Waals surface area contributed by atoms with Gasteiger partial charge in [0.1, 0.15) is 0 Å². The molecule has 0 aliphatic heterocycles. The van der Waals surface area contributed by atoms with Gasteiger partial charge in [0.15, 0.2) is 0 Å². The molecule has 0 aliphatic carbocycles. The molecule has 141 valence electrons. The van der Waals surface area contributed by atoms with E-state index in [0.717, 1.165) is 0 Å². The van der Waals surface area contributed by atoms with Crippen LogP contribution < -0.4 is 0 Å². The topological polar surface area (TPSA) is 0 Å². The highest BCUT2D eigenvalue weighted by molar-refractivity contribution is 7.76. The first kappa shape index (κ1) is 23.6. The average Bonchev–Trinajstić information content (AvgIpc) is 2.56. The Morgan fingerprint density at radius 3 is 1.21 bits per heavy atom. The number of hydrogen-bond acceptors (Lipinski definition) is 0. The molecule has 1 heteroatoms. The molecule has 0 aromatic carbocycles. The third kappa shape index (κ3) is 13.0. The maximum Gasteiger partial charge on any atom is -0.0175 e. The molecule has 0 nitrogen and oxygen atoms in total. The summed E-state index contributed by atoms with van der Waals surface area (Å²) in [7, 11) is -0.930. The summed E-state index contributed by atoms with van der Waals surface area (Å²) in [6, 6.07) is 0. The lowest BCUT2D eigenvalue weighted by Crippen LogP contribution is -2.09. The van der Waals surface area contributed by atoms with Gasteiger partial charge in [0.2, 0.25) is 0 Å². The highest BCUT2D eigenvalue weighted by Gasteiger charge is 2.22. The van der Waals surface area contributed by atoms with Crippen molar-refractivity contribution < 1.29 is 0 Å². The summed E-state index contributed by atoms with van der Waals surface area (Å²) in [6.45, 7) is 14.2. The molecule has 0 rings (SSSR count). The van der Waals surface area contributed by atoms with Crippen LogP contribution in [0, 0.1) is 0 Å². The van der Waals surface area contributed by atoms with Gasteiger partial charge in [0.25, 0.3) is 0 Å². The Kier molecular flexibility index (Phi) is 17.2. The van der Waals surface area contributed by atoms with E-state index in [1.165, 1.54) is 102 Å². The normalized spacial score (nSPS) is 11.4. The number of hydrogen-bond donors (Lipinski definition) is 0. The number of rotatable bonds is 19. The van der Waals surface area contributed by atoms with Gasteiger partial charge in [-0.25, -0.2) is 0 Å². The highest BCUT2D eigenvalue weighted by atomic mass is 31.2. The van der Waals surface area contributed by atoms with E-state index >= 15 is 0 Å². The molecule has 0 aliphatic rings. The summed E-state index contributed by atoms with van der Waals surface area (Å²) in [5.74, 6) is 0. The minimum Gasteiger partial charge on any atom is -0.114 e. The molecule has 0 N–H and O–H groups in total. The standard InChI is InChI=1S/C23H44P/c1-5-9-10-11-12-13-14-15-16-17-18-19-23-24(20-6-2,21-7-3)22-8-4/h6-8H,2-5,9-23H2,1H3. The number of unbranched alkanes of at least 4 members (excludes halogenated alkanes) is 11. The molecule has 0 saturated carbocycles. The van der Waals surface area contributed by atoms with Gasteiger partial charge < -0.3 is 0 Å². The van der Waals surface area contributed by atoms with E-state index in [1.54, 1.807) is 0 Å². The van der Waals surface area contributed by atoms with Crippen LogP contribution >= 0.6 is 7.26 Å². The van der Waals surface area contributed by atoms with E-state index in [1.807, 2.05) is 0 Å². The predicted octanol–water partition coefficient (Wildman–Crippen LogP) is 8.26. The van der Waals surface area contributed by atoms with Gasteiger partial charge in [-0.2, -0.15) is 0 Å². The summed E-state index contributed by atoms with van der Waals surface area (Å²) in [5.41, 5.74) is 0. The lowest BCUT2D eigenvalue weighted by atomic mass is 10.1. The van der Waals surface area contributed by atoms with E-state index in [9.17, 15) is 0 Å². The van der Waals surface area contributed by atoms with Crippen molar-refractivity contribution in [2.24, 2.45) is 0 Å². The third-order valence-corrected chi connectivity index (χ3v) is 9.40. The van der Waals surface area contributed by atoms with Crippen molar-refractivity contribution in [1.29, 1.82) is 0 Å². The zero-order chi connectivity index (χ0) is 17.9. The van der Waals surface area contributed by atoms with Crippen LogP contribution in [0.25, 0.3) is 0 Å². The Morgan fingerprint density at radius 2 is 0.875 bits per heavy atom. The molecule has 0 aromatic rings. The lowest BCUT2D eigenvalue weighted by Gasteiger charge is -2.34.